The van der Waals surface area contributed by atoms with Crippen molar-refractivity contribution in [3.8, 4) is 23.0 Å². The predicted octanol–water partition coefficient (Wildman–Crippen LogP) is 9.08. The van der Waals surface area contributed by atoms with E-state index in [1.807, 2.05) is 48.5 Å². The van der Waals surface area contributed by atoms with Gasteiger partial charge >= 0.3 is 11.9 Å². The average molecular weight is 573 g/mol. The largest absolute Gasteiger partial charge is 0.488 e. The van der Waals surface area contributed by atoms with Gasteiger partial charge in [-0.25, -0.2) is 0 Å². The molecule has 0 aromatic heterocycles. The molecule has 0 amide bonds. The summed E-state index contributed by atoms with van der Waals surface area (Å²) < 4.78 is 23.7. The topological polar surface area (TPSA) is 71.1 Å². The molecule has 1 heterocycles. The first-order valence-corrected chi connectivity index (χ1v) is 15.5. The Bertz CT molecular complexity index is 1290. The van der Waals surface area contributed by atoms with Gasteiger partial charge in [-0.05, 0) is 48.6 Å². The zero-order chi connectivity index (χ0) is 29.6. The Balaban J connectivity index is 1.38. The molecular weight excluding hydrogens is 528 g/mol. The molecule has 1 aliphatic rings. The first kappa shape index (κ1) is 31.1. The third kappa shape index (κ3) is 9.93. The Kier molecular flexibility index (Phi) is 12.3. The van der Waals surface area contributed by atoms with Crippen molar-refractivity contribution in [2.45, 2.75) is 104 Å². The molecule has 6 heteroatoms. The minimum absolute atomic E-state index is 0.222. The molecule has 0 saturated heterocycles. The second-order valence-electron chi connectivity index (χ2n) is 11.0. The van der Waals surface area contributed by atoms with Gasteiger partial charge in [0.15, 0.2) is 0 Å². The van der Waals surface area contributed by atoms with Crippen LogP contribution in [0.4, 0.5) is 0 Å². The van der Waals surface area contributed by atoms with Crippen molar-refractivity contribution in [1.82, 2.24) is 0 Å². The maximum atomic E-state index is 12.6. The lowest BCUT2D eigenvalue weighted by atomic mass is 9.96. The van der Waals surface area contributed by atoms with Gasteiger partial charge in [0.05, 0.1) is 0 Å². The highest BCUT2D eigenvalue weighted by atomic mass is 16.5. The number of carbonyl (C=O) groups is 2. The minimum Gasteiger partial charge on any atom is -0.488 e. The van der Waals surface area contributed by atoms with Gasteiger partial charge in [-0.2, -0.15) is 0 Å². The van der Waals surface area contributed by atoms with Gasteiger partial charge in [0.1, 0.15) is 35.7 Å². The Morgan fingerprint density at radius 2 is 1.50 bits per heavy atom. The summed E-state index contributed by atoms with van der Waals surface area (Å²) in [5.74, 6) is 1.64. The van der Waals surface area contributed by atoms with E-state index in [0.29, 0.717) is 36.0 Å². The molecule has 42 heavy (non-hydrogen) atoms. The van der Waals surface area contributed by atoms with Gasteiger partial charge in [0, 0.05) is 31.0 Å². The summed E-state index contributed by atoms with van der Waals surface area (Å²) in [6, 6.07) is 21.0. The van der Waals surface area contributed by atoms with E-state index in [1.165, 1.54) is 51.9 Å². The van der Waals surface area contributed by atoms with Gasteiger partial charge in [0.2, 0.25) is 0 Å². The quantitative estimate of drug-likeness (QED) is 0.0968. The van der Waals surface area contributed by atoms with Crippen LogP contribution in [0, 0.1) is 0 Å². The van der Waals surface area contributed by atoms with Crippen LogP contribution >= 0.6 is 0 Å². The summed E-state index contributed by atoms with van der Waals surface area (Å²) in [5.41, 5.74) is 2.99. The van der Waals surface area contributed by atoms with Crippen molar-refractivity contribution in [2.24, 2.45) is 0 Å². The van der Waals surface area contributed by atoms with E-state index in [9.17, 15) is 9.59 Å². The molecule has 1 unspecified atom stereocenters. The van der Waals surface area contributed by atoms with Crippen LogP contribution in [0.3, 0.4) is 0 Å². The van der Waals surface area contributed by atoms with E-state index >= 15 is 0 Å². The number of aryl methyl sites for hydroxylation is 1. The molecule has 0 fully saturated rings. The van der Waals surface area contributed by atoms with Crippen molar-refractivity contribution < 1.29 is 28.5 Å². The van der Waals surface area contributed by atoms with Crippen LogP contribution in [0.1, 0.15) is 107 Å². The first-order valence-electron chi connectivity index (χ1n) is 15.5. The van der Waals surface area contributed by atoms with Crippen LogP contribution in [0.15, 0.2) is 66.7 Å². The molecular formula is C36H44O6. The van der Waals surface area contributed by atoms with Crippen molar-refractivity contribution >= 4 is 11.9 Å². The van der Waals surface area contributed by atoms with E-state index in [2.05, 4.69) is 6.92 Å². The Morgan fingerprint density at radius 3 is 2.24 bits per heavy atom. The molecule has 1 atom stereocenters. The number of unbranched alkanes of at least 4 members (excludes halogenated alkanes) is 8. The van der Waals surface area contributed by atoms with Crippen LogP contribution in [-0.2, 0) is 22.6 Å². The molecule has 0 radical (unpaired) electrons. The molecule has 0 saturated carbocycles. The number of hydrogen-bond acceptors (Lipinski definition) is 6. The molecule has 1 aliphatic heterocycles. The van der Waals surface area contributed by atoms with Crippen LogP contribution in [0.25, 0.3) is 0 Å². The fraction of sp³-hybridized carbons (Fsp3) is 0.444. The highest BCUT2D eigenvalue weighted by molar-refractivity contribution is 5.72. The fourth-order valence-electron chi connectivity index (χ4n) is 5.27. The van der Waals surface area contributed by atoms with E-state index in [0.717, 1.165) is 42.4 Å². The van der Waals surface area contributed by atoms with Crippen molar-refractivity contribution in [3.63, 3.8) is 0 Å². The van der Waals surface area contributed by atoms with Crippen LogP contribution in [0.5, 0.6) is 23.0 Å². The zero-order valence-corrected chi connectivity index (χ0v) is 25.1. The molecule has 0 N–H and O–H groups in total. The van der Waals surface area contributed by atoms with Gasteiger partial charge in [-0.15, -0.1) is 0 Å². The number of fused-ring (bicyclic) bond motifs is 1. The first-order chi connectivity index (χ1) is 20.5. The lowest BCUT2D eigenvalue weighted by molar-refractivity contribution is -0.134. The van der Waals surface area contributed by atoms with Gasteiger partial charge < -0.3 is 18.9 Å². The van der Waals surface area contributed by atoms with Crippen LogP contribution in [-0.4, -0.2) is 11.9 Å². The van der Waals surface area contributed by atoms with Crippen molar-refractivity contribution in [1.29, 1.82) is 0 Å². The van der Waals surface area contributed by atoms with Gasteiger partial charge in [-0.1, -0.05) is 94.7 Å². The van der Waals surface area contributed by atoms with Crippen molar-refractivity contribution in [3.05, 3.63) is 83.4 Å². The van der Waals surface area contributed by atoms with E-state index in [1.54, 1.807) is 18.2 Å². The molecule has 3 aromatic rings. The number of esters is 2. The molecule has 6 nitrogen and oxygen atoms in total. The standard InChI is InChI=1S/C36H44O6/c1-3-4-5-6-7-8-9-10-14-17-36(38)41-31-21-22-32(35(25-31)39-26-28-15-12-11-13-16-28)33-23-19-29-18-20-30(40-27(2)37)24-34(29)42-33/h11-13,15-16,18,20-22,24-25,33H,3-10,14,17,19,23,26H2,1-2H3. The lowest BCUT2D eigenvalue weighted by Gasteiger charge is -2.28. The summed E-state index contributed by atoms with van der Waals surface area (Å²) in [7, 11) is 0. The smallest absolute Gasteiger partial charge is 0.311 e. The Morgan fingerprint density at radius 1 is 0.810 bits per heavy atom. The highest BCUT2D eigenvalue weighted by Gasteiger charge is 2.25. The predicted molar refractivity (Wildman–Crippen MR) is 164 cm³/mol. The second kappa shape index (κ2) is 16.6. The molecule has 4 rings (SSSR count). The molecule has 0 bridgehead atoms. The van der Waals surface area contributed by atoms with Crippen molar-refractivity contribution in [2.75, 3.05) is 0 Å². The van der Waals surface area contributed by atoms with E-state index in [4.69, 9.17) is 18.9 Å². The third-order valence-electron chi connectivity index (χ3n) is 7.53. The Hall–Kier alpha value is -3.80. The van der Waals surface area contributed by atoms with Crippen LogP contribution < -0.4 is 18.9 Å². The zero-order valence-electron chi connectivity index (χ0n) is 25.1. The number of carbonyl (C=O) groups excluding carboxylic acids is 2. The Labute approximate surface area is 250 Å². The van der Waals surface area contributed by atoms with Gasteiger partial charge in [-0.3, -0.25) is 9.59 Å². The van der Waals surface area contributed by atoms with E-state index in [-0.39, 0.29) is 18.0 Å². The third-order valence-corrected chi connectivity index (χ3v) is 7.53. The molecule has 224 valence electrons. The number of rotatable bonds is 16. The summed E-state index contributed by atoms with van der Waals surface area (Å²) >= 11 is 0. The maximum Gasteiger partial charge on any atom is 0.311 e. The van der Waals surface area contributed by atoms with Crippen LogP contribution in [0.2, 0.25) is 0 Å². The summed E-state index contributed by atoms with van der Waals surface area (Å²) in [5, 5.41) is 0. The lowest BCUT2D eigenvalue weighted by Crippen LogP contribution is -2.17. The molecule has 0 aliphatic carbocycles. The fourth-order valence-corrected chi connectivity index (χ4v) is 5.27. The SMILES string of the molecule is CCCCCCCCCCCC(=O)Oc1ccc(C2CCc3ccc(OC(C)=O)cc3O2)c(OCc2ccccc2)c1. The molecule has 0 spiro atoms. The normalized spacial score (nSPS) is 14.0. The molecule has 3 aromatic carbocycles. The number of benzene rings is 3. The van der Waals surface area contributed by atoms with Gasteiger partial charge in [0.25, 0.3) is 0 Å². The average Bonchev–Trinajstić information content (AvgIpc) is 2.99. The number of ether oxygens (including phenoxy) is 4. The summed E-state index contributed by atoms with van der Waals surface area (Å²) in [6.07, 6.45) is 12.5. The summed E-state index contributed by atoms with van der Waals surface area (Å²) in [4.78, 5) is 24.1. The summed E-state index contributed by atoms with van der Waals surface area (Å²) in [6.45, 7) is 3.99. The van der Waals surface area contributed by atoms with E-state index < -0.39 is 0 Å². The minimum atomic E-state index is -0.373. The second-order valence-corrected chi connectivity index (χ2v) is 11.0. The maximum absolute atomic E-state index is 12.6. The monoisotopic (exact) mass is 572 g/mol. The number of hydrogen-bond donors (Lipinski definition) is 0. The highest BCUT2D eigenvalue weighted by Crippen LogP contribution is 2.41.